The van der Waals surface area contributed by atoms with Gasteiger partial charge in [0, 0.05) is 13.0 Å². The lowest BCUT2D eigenvalue weighted by Gasteiger charge is -2.14. The van der Waals surface area contributed by atoms with Crippen LogP contribution < -0.4 is 10.1 Å². The van der Waals surface area contributed by atoms with Gasteiger partial charge in [-0.1, -0.05) is 26.0 Å². The Hall–Kier alpha value is -1.69. The van der Waals surface area contributed by atoms with Gasteiger partial charge in [0.05, 0.1) is 6.10 Å². The molecule has 0 radical (unpaired) electrons. The average molecular weight is 287 g/mol. The summed E-state index contributed by atoms with van der Waals surface area (Å²) < 4.78 is 28.4. The SMILES string of the molecule is CC(C)CC(=O)NCC(O)c1cccc(OC(F)F)c1. The number of aliphatic hydroxyl groups is 1. The van der Waals surface area contributed by atoms with E-state index in [0.29, 0.717) is 12.0 Å². The predicted octanol–water partition coefficient (Wildman–Crippen LogP) is 2.48. The van der Waals surface area contributed by atoms with E-state index >= 15 is 0 Å². The molecular formula is C14H19F2NO3. The number of halogens is 2. The molecule has 112 valence electrons. The first-order chi connectivity index (χ1) is 9.38. The van der Waals surface area contributed by atoms with Gasteiger partial charge in [0.1, 0.15) is 5.75 Å². The number of nitrogens with one attached hydrogen (secondary N) is 1. The number of carbonyl (C=O) groups excluding carboxylic acids is 1. The van der Waals surface area contributed by atoms with Gasteiger partial charge in [-0.15, -0.1) is 0 Å². The van der Waals surface area contributed by atoms with Gasteiger partial charge in [0.25, 0.3) is 0 Å². The highest BCUT2D eigenvalue weighted by molar-refractivity contribution is 5.76. The number of hydrogen-bond donors (Lipinski definition) is 2. The van der Waals surface area contributed by atoms with Crippen LogP contribution in [0.2, 0.25) is 0 Å². The second kappa shape index (κ2) is 7.79. The van der Waals surface area contributed by atoms with Crippen molar-refractivity contribution in [1.29, 1.82) is 0 Å². The van der Waals surface area contributed by atoms with Gasteiger partial charge in [-0.05, 0) is 23.6 Å². The molecule has 0 saturated heterocycles. The fraction of sp³-hybridized carbons (Fsp3) is 0.500. The van der Waals surface area contributed by atoms with Crippen molar-refractivity contribution in [3.8, 4) is 5.75 Å². The van der Waals surface area contributed by atoms with Crippen LogP contribution in [-0.2, 0) is 4.79 Å². The number of amides is 1. The molecule has 1 unspecified atom stereocenters. The van der Waals surface area contributed by atoms with Gasteiger partial charge in [0.2, 0.25) is 5.91 Å². The summed E-state index contributed by atoms with van der Waals surface area (Å²) in [7, 11) is 0. The third-order valence-corrected chi connectivity index (χ3v) is 2.55. The largest absolute Gasteiger partial charge is 0.435 e. The zero-order valence-electron chi connectivity index (χ0n) is 11.5. The van der Waals surface area contributed by atoms with E-state index in [4.69, 9.17) is 0 Å². The summed E-state index contributed by atoms with van der Waals surface area (Å²) in [5, 5.41) is 12.5. The maximum atomic E-state index is 12.1. The molecule has 1 aromatic rings. The smallest absolute Gasteiger partial charge is 0.387 e. The van der Waals surface area contributed by atoms with E-state index in [9.17, 15) is 18.7 Å². The monoisotopic (exact) mass is 287 g/mol. The summed E-state index contributed by atoms with van der Waals surface area (Å²) in [4.78, 5) is 11.5. The van der Waals surface area contributed by atoms with Gasteiger partial charge >= 0.3 is 6.61 Å². The molecule has 1 amide bonds. The van der Waals surface area contributed by atoms with Gasteiger partial charge in [-0.2, -0.15) is 8.78 Å². The van der Waals surface area contributed by atoms with Crippen molar-refractivity contribution >= 4 is 5.91 Å². The molecule has 1 atom stereocenters. The Morgan fingerprint density at radius 2 is 2.10 bits per heavy atom. The molecule has 0 spiro atoms. The van der Waals surface area contributed by atoms with Crippen LogP contribution in [0.4, 0.5) is 8.78 Å². The predicted molar refractivity (Wildman–Crippen MR) is 70.5 cm³/mol. The van der Waals surface area contributed by atoms with Gasteiger partial charge in [0.15, 0.2) is 0 Å². The fourth-order valence-corrected chi connectivity index (χ4v) is 1.67. The van der Waals surface area contributed by atoms with Crippen LogP contribution in [0.3, 0.4) is 0 Å². The topological polar surface area (TPSA) is 58.6 Å². The minimum Gasteiger partial charge on any atom is -0.435 e. The molecule has 0 aromatic heterocycles. The Bertz CT molecular complexity index is 438. The first-order valence-electron chi connectivity index (χ1n) is 6.38. The van der Waals surface area contributed by atoms with Crippen molar-refractivity contribution in [1.82, 2.24) is 5.32 Å². The average Bonchev–Trinajstić information content (AvgIpc) is 2.34. The third kappa shape index (κ3) is 5.97. The first-order valence-corrected chi connectivity index (χ1v) is 6.38. The van der Waals surface area contributed by atoms with Crippen molar-refractivity contribution in [2.75, 3.05) is 6.54 Å². The van der Waals surface area contributed by atoms with Crippen molar-refractivity contribution in [2.45, 2.75) is 33.0 Å². The number of hydrogen-bond acceptors (Lipinski definition) is 3. The van der Waals surface area contributed by atoms with Crippen molar-refractivity contribution in [2.24, 2.45) is 5.92 Å². The Kier molecular flexibility index (Phi) is 6.38. The number of rotatable bonds is 7. The van der Waals surface area contributed by atoms with Gasteiger partial charge in [-0.25, -0.2) is 0 Å². The molecule has 4 nitrogen and oxygen atoms in total. The van der Waals surface area contributed by atoms with Crippen molar-refractivity contribution < 1.29 is 23.4 Å². The summed E-state index contributed by atoms with van der Waals surface area (Å²) in [6.45, 7) is 0.958. The summed E-state index contributed by atoms with van der Waals surface area (Å²) >= 11 is 0. The molecule has 0 bridgehead atoms. The maximum absolute atomic E-state index is 12.1. The Morgan fingerprint density at radius 1 is 1.40 bits per heavy atom. The Labute approximate surface area is 116 Å². The summed E-state index contributed by atoms with van der Waals surface area (Å²) in [5.74, 6) is 0.0546. The molecule has 1 rings (SSSR count). The van der Waals surface area contributed by atoms with Crippen LogP contribution in [0.5, 0.6) is 5.75 Å². The standard InChI is InChI=1S/C14H19F2NO3/c1-9(2)6-13(19)17-8-12(18)10-4-3-5-11(7-10)20-14(15)16/h3-5,7,9,12,14,18H,6,8H2,1-2H3,(H,17,19). The zero-order chi connectivity index (χ0) is 15.1. The molecule has 6 heteroatoms. The number of carbonyl (C=O) groups is 1. The minimum absolute atomic E-state index is 0.0231. The lowest BCUT2D eigenvalue weighted by atomic mass is 10.1. The Balaban J connectivity index is 2.54. The molecule has 0 saturated carbocycles. The Morgan fingerprint density at radius 3 is 2.70 bits per heavy atom. The quantitative estimate of drug-likeness (QED) is 0.810. The summed E-state index contributed by atoms with van der Waals surface area (Å²) in [6.07, 6.45) is -0.589. The van der Waals surface area contributed by atoms with Crippen LogP contribution in [0.1, 0.15) is 31.9 Å². The highest BCUT2D eigenvalue weighted by atomic mass is 19.3. The minimum atomic E-state index is -2.91. The van der Waals surface area contributed by atoms with Crippen LogP contribution in [-0.4, -0.2) is 24.2 Å². The van der Waals surface area contributed by atoms with E-state index in [2.05, 4.69) is 10.1 Å². The molecule has 0 aliphatic carbocycles. The second-order valence-corrected chi connectivity index (χ2v) is 4.87. The summed E-state index contributed by atoms with van der Waals surface area (Å²) in [5.41, 5.74) is 0.410. The second-order valence-electron chi connectivity index (χ2n) is 4.87. The normalized spacial score (nSPS) is 12.6. The van der Waals surface area contributed by atoms with Gasteiger partial charge < -0.3 is 15.2 Å². The van der Waals surface area contributed by atoms with Crippen molar-refractivity contribution in [3.63, 3.8) is 0 Å². The molecule has 20 heavy (non-hydrogen) atoms. The van der Waals surface area contributed by atoms with Crippen LogP contribution >= 0.6 is 0 Å². The third-order valence-electron chi connectivity index (χ3n) is 2.55. The van der Waals surface area contributed by atoms with E-state index in [-0.39, 0.29) is 24.1 Å². The molecule has 0 aliphatic rings. The highest BCUT2D eigenvalue weighted by Crippen LogP contribution is 2.20. The fourth-order valence-electron chi connectivity index (χ4n) is 1.67. The molecule has 2 N–H and O–H groups in total. The highest BCUT2D eigenvalue weighted by Gasteiger charge is 2.12. The van der Waals surface area contributed by atoms with E-state index in [0.717, 1.165) is 0 Å². The first kappa shape index (κ1) is 16.4. The molecule has 1 aromatic carbocycles. The lowest BCUT2D eigenvalue weighted by molar-refractivity contribution is -0.122. The van der Waals surface area contributed by atoms with Crippen molar-refractivity contribution in [3.05, 3.63) is 29.8 Å². The van der Waals surface area contributed by atoms with Crippen LogP contribution in [0.25, 0.3) is 0 Å². The van der Waals surface area contributed by atoms with Gasteiger partial charge in [-0.3, -0.25) is 4.79 Å². The number of ether oxygens (including phenoxy) is 1. The van der Waals surface area contributed by atoms with Crippen LogP contribution in [0.15, 0.2) is 24.3 Å². The number of alkyl halides is 2. The number of aliphatic hydroxyl groups excluding tert-OH is 1. The van der Waals surface area contributed by atoms with E-state index < -0.39 is 12.7 Å². The maximum Gasteiger partial charge on any atom is 0.387 e. The van der Waals surface area contributed by atoms with E-state index in [1.54, 1.807) is 6.07 Å². The lowest BCUT2D eigenvalue weighted by Crippen LogP contribution is -2.29. The van der Waals surface area contributed by atoms with E-state index in [1.807, 2.05) is 13.8 Å². The van der Waals surface area contributed by atoms with Crippen LogP contribution in [0, 0.1) is 5.92 Å². The molecule has 0 heterocycles. The zero-order valence-corrected chi connectivity index (χ0v) is 11.5. The number of benzene rings is 1. The van der Waals surface area contributed by atoms with E-state index in [1.165, 1.54) is 18.2 Å². The summed E-state index contributed by atoms with van der Waals surface area (Å²) in [6, 6.07) is 5.79. The molecular weight excluding hydrogens is 268 g/mol. The molecule has 0 fully saturated rings. The molecule has 0 aliphatic heterocycles.